The summed E-state index contributed by atoms with van der Waals surface area (Å²) in [5.74, 6) is 0.605. The monoisotopic (exact) mass is 469 g/mol. The van der Waals surface area contributed by atoms with Gasteiger partial charge in [0.1, 0.15) is 5.69 Å². The van der Waals surface area contributed by atoms with Gasteiger partial charge >= 0.3 is 6.09 Å². The molecule has 1 amide bonds. The van der Waals surface area contributed by atoms with Crippen LogP contribution in [0.4, 0.5) is 10.7 Å². The zero-order valence-electron chi connectivity index (χ0n) is 19.6. The summed E-state index contributed by atoms with van der Waals surface area (Å²) in [7, 11) is 1.59. The molecule has 0 aliphatic heterocycles. The molecular weight excluding hydrogens is 442 g/mol. The lowest BCUT2D eigenvalue weighted by atomic mass is 10.0. The molecule has 0 aliphatic rings. The Balaban J connectivity index is 1.53. The smallest absolute Gasteiger partial charge is 0.406 e. The van der Waals surface area contributed by atoms with E-state index in [4.69, 9.17) is 4.74 Å². The molecule has 2 unspecified atom stereocenters. The third-order valence-electron chi connectivity index (χ3n) is 5.65. The highest BCUT2D eigenvalue weighted by molar-refractivity contribution is 5.75. The molecule has 0 spiro atoms. The van der Waals surface area contributed by atoms with Crippen molar-refractivity contribution in [2.75, 3.05) is 12.4 Å². The van der Waals surface area contributed by atoms with Crippen LogP contribution in [-0.4, -0.2) is 44.1 Å². The van der Waals surface area contributed by atoms with Crippen molar-refractivity contribution in [2.24, 2.45) is 0 Å². The van der Waals surface area contributed by atoms with E-state index < -0.39 is 18.2 Å². The fraction of sp³-hybridized carbons (Fsp3) is 0.185. The summed E-state index contributed by atoms with van der Waals surface area (Å²) < 4.78 is 5.70. The van der Waals surface area contributed by atoms with Crippen molar-refractivity contribution < 1.29 is 14.6 Å². The first kappa shape index (κ1) is 23.8. The van der Waals surface area contributed by atoms with Crippen molar-refractivity contribution in [2.45, 2.75) is 25.6 Å². The largest absolute Gasteiger partial charge is 0.415 e. The number of amides is 1. The molecule has 8 nitrogen and oxygen atoms in total. The number of aliphatic hydroxyl groups is 1. The van der Waals surface area contributed by atoms with E-state index in [1.165, 1.54) is 11.1 Å². The van der Waals surface area contributed by atoms with Gasteiger partial charge in [-0.2, -0.15) is 0 Å². The highest BCUT2D eigenvalue weighted by Crippen LogP contribution is 2.29. The molecule has 2 heterocycles. The second-order valence-corrected chi connectivity index (χ2v) is 8.02. The number of anilines is 1. The lowest BCUT2D eigenvalue weighted by Crippen LogP contribution is -2.40. The lowest BCUT2D eigenvalue weighted by Gasteiger charge is -2.28. The van der Waals surface area contributed by atoms with Crippen LogP contribution in [0.3, 0.4) is 0 Å². The molecule has 0 aliphatic carbocycles. The number of nitrogens with zero attached hydrogens (tertiary/aromatic N) is 4. The minimum absolute atomic E-state index is 0.220. The van der Waals surface area contributed by atoms with Crippen LogP contribution in [0.5, 0.6) is 5.75 Å². The average Bonchev–Trinajstić information content (AvgIpc) is 2.92. The van der Waals surface area contributed by atoms with Crippen LogP contribution in [0.15, 0.2) is 91.3 Å². The predicted octanol–water partition coefficient (Wildman–Crippen LogP) is 4.70. The average molecular weight is 470 g/mol. The molecule has 2 atom stereocenters. The molecule has 4 aromatic rings. The van der Waals surface area contributed by atoms with E-state index in [0.717, 1.165) is 16.8 Å². The van der Waals surface area contributed by atoms with Crippen LogP contribution in [0, 0.1) is 0 Å². The van der Waals surface area contributed by atoms with Crippen molar-refractivity contribution in [3.8, 4) is 17.0 Å². The predicted molar refractivity (Wildman–Crippen MR) is 134 cm³/mol. The minimum atomic E-state index is -0.864. The number of nitrogens with one attached hydrogen (secondary N) is 1. The second-order valence-electron chi connectivity index (χ2n) is 8.02. The number of likely N-dealkylation sites (N-methyl/N-ethyl adjacent to an activating group) is 1. The molecule has 2 aromatic heterocycles. The summed E-state index contributed by atoms with van der Waals surface area (Å²) in [6, 6.07) is 23.8. The summed E-state index contributed by atoms with van der Waals surface area (Å²) in [6.45, 7) is 2.21. The quantitative estimate of drug-likeness (QED) is 0.386. The summed E-state index contributed by atoms with van der Waals surface area (Å²) in [4.78, 5) is 27.6. The van der Waals surface area contributed by atoms with E-state index in [0.29, 0.717) is 18.2 Å². The Hall–Kier alpha value is -4.30. The Labute approximate surface area is 204 Å². The Bertz CT molecular complexity index is 1240. The molecule has 2 N–H and O–H groups in total. The van der Waals surface area contributed by atoms with Crippen molar-refractivity contribution >= 4 is 12.0 Å². The maximum Gasteiger partial charge on any atom is 0.415 e. The van der Waals surface area contributed by atoms with Crippen LogP contribution in [-0.2, 0) is 6.54 Å². The Morgan fingerprint density at radius 1 is 1.00 bits per heavy atom. The molecule has 4 rings (SSSR count). The molecule has 178 valence electrons. The third kappa shape index (κ3) is 5.99. The molecule has 0 bridgehead atoms. The Kier molecular flexibility index (Phi) is 7.64. The van der Waals surface area contributed by atoms with Gasteiger partial charge in [-0.1, -0.05) is 66.7 Å². The highest BCUT2D eigenvalue weighted by Gasteiger charge is 2.26. The van der Waals surface area contributed by atoms with Gasteiger partial charge in [0.15, 0.2) is 5.75 Å². The normalized spacial score (nSPS) is 12.4. The molecule has 35 heavy (non-hydrogen) atoms. The molecule has 0 saturated carbocycles. The zero-order valence-corrected chi connectivity index (χ0v) is 19.6. The van der Waals surface area contributed by atoms with Gasteiger partial charge in [0.25, 0.3) is 0 Å². The van der Waals surface area contributed by atoms with Gasteiger partial charge in [0.05, 0.1) is 30.6 Å². The minimum Gasteiger partial charge on any atom is -0.406 e. The number of aliphatic hydroxyl groups excluding tert-OH is 1. The summed E-state index contributed by atoms with van der Waals surface area (Å²) in [6.07, 6.45) is 1.71. The van der Waals surface area contributed by atoms with Crippen LogP contribution in [0.1, 0.15) is 24.3 Å². The number of rotatable bonds is 8. The number of ether oxygens (including phenoxy) is 1. The van der Waals surface area contributed by atoms with Crippen LogP contribution in [0.25, 0.3) is 11.3 Å². The molecular formula is C27H27N5O3. The van der Waals surface area contributed by atoms with Crippen molar-refractivity contribution in [1.82, 2.24) is 19.9 Å². The van der Waals surface area contributed by atoms with Crippen LogP contribution < -0.4 is 10.1 Å². The molecule has 0 fully saturated rings. The second kappa shape index (κ2) is 11.2. The van der Waals surface area contributed by atoms with E-state index in [9.17, 15) is 9.90 Å². The number of pyridine rings is 1. The van der Waals surface area contributed by atoms with E-state index in [1.54, 1.807) is 20.2 Å². The van der Waals surface area contributed by atoms with Gasteiger partial charge in [-0.25, -0.2) is 14.8 Å². The number of aromatic nitrogens is 3. The number of carbonyl (C=O) groups is 1. The first-order chi connectivity index (χ1) is 17.0. The Morgan fingerprint density at radius 2 is 1.69 bits per heavy atom. The maximum atomic E-state index is 13.0. The first-order valence-electron chi connectivity index (χ1n) is 11.3. The van der Waals surface area contributed by atoms with Gasteiger partial charge in [0.2, 0.25) is 5.95 Å². The number of carbonyl (C=O) groups excluding carboxylic acids is 1. The maximum absolute atomic E-state index is 13.0. The summed E-state index contributed by atoms with van der Waals surface area (Å²) in [5, 5.41) is 13.9. The first-order valence-corrected chi connectivity index (χ1v) is 11.3. The molecule has 0 radical (unpaired) electrons. The van der Waals surface area contributed by atoms with E-state index in [1.807, 2.05) is 78.9 Å². The molecule has 8 heteroatoms. The molecule has 2 aromatic carbocycles. The fourth-order valence-electron chi connectivity index (χ4n) is 3.48. The fourth-order valence-corrected chi connectivity index (χ4v) is 3.48. The molecule has 0 saturated heterocycles. The SMILES string of the molecule is CC(C(O)c1ccccc1)N(C)C(=O)Oc1cnc(NCc2ccccn2)nc1-c1ccccc1. The van der Waals surface area contributed by atoms with Gasteiger partial charge < -0.3 is 20.1 Å². The lowest BCUT2D eigenvalue weighted by molar-refractivity contribution is 0.0707. The van der Waals surface area contributed by atoms with E-state index in [-0.39, 0.29) is 5.75 Å². The number of benzene rings is 2. The standard InChI is InChI=1S/C27H27N5O3/c1-19(25(33)21-13-7-4-8-14-21)32(2)27(34)35-23-18-30-26(29-17-22-15-9-10-16-28-22)31-24(23)20-11-5-3-6-12-20/h3-16,18-19,25,33H,17H2,1-2H3,(H,29,30,31). The third-order valence-corrected chi connectivity index (χ3v) is 5.65. The van der Waals surface area contributed by atoms with Crippen molar-refractivity contribution in [3.63, 3.8) is 0 Å². The number of hydrogen-bond donors (Lipinski definition) is 2. The highest BCUT2D eigenvalue weighted by atomic mass is 16.6. The van der Waals surface area contributed by atoms with Crippen molar-refractivity contribution in [3.05, 3.63) is 103 Å². The van der Waals surface area contributed by atoms with Crippen LogP contribution in [0.2, 0.25) is 0 Å². The summed E-state index contributed by atoms with van der Waals surface area (Å²) >= 11 is 0. The van der Waals surface area contributed by atoms with E-state index in [2.05, 4.69) is 20.3 Å². The van der Waals surface area contributed by atoms with Gasteiger partial charge in [-0.15, -0.1) is 0 Å². The topological polar surface area (TPSA) is 100 Å². The zero-order chi connectivity index (χ0) is 24.6. The number of hydrogen-bond acceptors (Lipinski definition) is 7. The Morgan fingerprint density at radius 3 is 2.37 bits per heavy atom. The van der Waals surface area contributed by atoms with Gasteiger partial charge in [-0.3, -0.25) is 4.98 Å². The summed E-state index contributed by atoms with van der Waals surface area (Å²) in [5.41, 5.74) is 2.82. The van der Waals surface area contributed by atoms with Gasteiger partial charge in [-0.05, 0) is 24.6 Å². The van der Waals surface area contributed by atoms with Crippen LogP contribution >= 0.6 is 0 Å². The van der Waals surface area contributed by atoms with E-state index >= 15 is 0 Å². The van der Waals surface area contributed by atoms with Gasteiger partial charge in [0, 0.05) is 18.8 Å². The van der Waals surface area contributed by atoms with Crippen molar-refractivity contribution in [1.29, 1.82) is 0 Å².